The third-order valence-electron chi connectivity index (χ3n) is 7.11. The summed E-state index contributed by atoms with van der Waals surface area (Å²) in [6.45, 7) is 8.52. The molecular weight excluding hydrogens is 360 g/mol. The summed E-state index contributed by atoms with van der Waals surface area (Å²) in [5.41, 5.74) is 1.42. The van der Waals surface area contributed by atoms with Crippen LogP contribution in [-0.2, 0) is 11.3 Å². The first-order valence-corrected chi connectivity index (χ1v) is 11.8. The van der Waals surface area contributed by atoms with Crippen LogP contribution in [0.3, 0.4) is 0 Å². The van der Waals surface area contributed by atoms with Crippen LogP contribution < -0.4 is 5.32 Å². The number of carbonyl (C=O) groups is 1. The Kier molecular flexibility index (Phi) is 7.58. The molecule has 0 spiro atoms. The SMILES string of the molecule is O=C(CCC1CCCCN1)N1CCN(C2CCN(Cc3ccccc3)CC2)CC1. The summed E-state index contributed by atoms with van der Waals surface area (Å²) in [7, 11) is 0. The zero-order valence-electron chi connectivity index (χ0n) is 17.9. The summed E-state index contributed by atoms with van der Waals surface area (Å²) in [5.74, 6) is 0.370. The van der Waals surface area contributed by atoms with Crippen LogP contribution >= 0.6 is 0 Å². The maximum atomic E-state index is 12.6. The number of likely N-dealkylation sites (tertiary alicyclic amines) is 1. The number of hydrogen-bond donors (Lipinski definition) is 1. The van der Waals surface area contributed by atoms with Crippen LogP contribution in [0.15, 0.2) is 30.3 Å². The smallest absolute Gasteiger partial charge is 0.222 e. The minimum Gasteiger partial charge on any atom is -0.340 e. The van der Waals surface area contributed by atoms with Gasteiger partial charge >= 0.3 is 0 Å². The predicted octanol–water partition coefficient (Wildman–Crippen LogP) is 2.72. The van der Waals surface area contributed by atoms with E-state index >= 15 is 0 Å². The fourth-order valence-electron chi connectivity index (χ4n) is 5.25. The Morgan fingerprint density at radius 1 is 0.931 bits per heavy atom. The molecule has 1 aromatic carbocycles. The van der Waals surface area contributed by atoms with Gasteiger partial charge in [-0.2, -0.15) is 0 Å². The van der Waals surface area contributed by atoms with Crippen molar-refractivity contribution in [2.24, 2.45) is 0 Å². The van der Waals surface area contributed by atoms with Gasteiger partial charge in [0.2, 0.25) is 5.91 Å². The maximum Gasteiger partial charge on any atom is 0.222 e. The van der Waals surface area contributed by atoms with Crippen LogP contribution in [0.4, 0.5) is 0 Å². The van der Waals surface area contributed by atoms with Crippen molar-refractivity contribution in [2.75, 3.05) is 45.8 Å². The molecule has 160 valence electrons. The standard InChI is InChI=1S/C24H38N4O/c29-24(10-9-22-8-4-5-13-25-22)28-18-16-27(17-19-28)23-11-14-26(15-12-23)20-21-6-2-1-3-7-21/h1-3,6-7,22-23,25H,4-5,8-20H2. The second-order valence-corrected chi connectivity index (χ2v) is 9.10. The fraction of sp³-hybridized carbons (Fsp3) is 0.708. The maximum absolute atomic E-state index is 12.6. The van der Waals surface area contributed by atoms with Gasteiger partial charge in [0.15, 0.2) is 0 Å². The van der Waals surface area contributed by atoms with E-state index in [2.05, 4.69) is 50.3 Å². The molecule has 3 saturated heterocycles. The molecule has 29 heavy (non-hydrogen) atoms. The summed E-state index contributed by atoms with van der Waals surface area (Å²) in [6, 6.07) is 12.1. The van der Waals surface area contributed by atoms with Gasteiger partial charge in [-0.1, -0.05) is 36.8 Å². The highest BCUT2D eigenvalue weighted by Gasteiger charge is 2.29. The first-order valence-electron chi connectivity index (χ1n) is 11.8. The van der Waals surface area contributed by atoms with E-state index in [1.54, 1.807) is 0 Å². The van der Waals surface area contributed by atoms with Crippen molar-refractivity contribution in [3.63, 3.8) is 0 Å². The Bertz CT molecular complexity index is 615. The van der Waals surface area contributed by atoms with Crippen LogP contribution in [0.1, 0.15) is 50.5 Å². The van der Waals surface area contributed by atoms with Gasteiger partial charge in [-0.25, -0.2) is 0 Å². The molecule has 0 aromatic heterocycles. The van der Waals surface area contributed by atoms with Gasteiger partial charge in [-0.05, 0) is 57.3 Å². The number of hydrogen-bond acceptors (Lipinski definition) is 4. The van der Waals surface area contributed by atoms with Gasteiger partial charge in [-0.15, -0.1) is 0 Å². The average molecular weight is 399 g/mol. The highest BCUT2D eigenvalue weighted by atomic mass is 16.2. The molecule has 5 nitrogen and oxygen atoms in total. The van der Waals surface area contributed by atoms with E-state index < -0.39 is 0 Å². The summed E-state index contributed by atoms with van der Waals surface area (Å²) in [5, 5.41) is 3.56. The molecule has 0 bridgehead atoms. The first kappa shape index (κ1) is 20.8. The van der Waals surface area contributed by atoms with Crippen LogP contribution in [0.25, 0.3) is 0 Å². The molecule has 0 aliphatic carbocycles. The Balaban J connectivity index is 1.14. The number of piperidine rings is 2. The molecule has 3 fully saturated rings. The Hall–Kier alpha value is -1.43. The molecule has 1 amide bonds. The molecule has 1 atom stereocenters. The topological polar surface area (TPSA) is 38.8 Å². The molecule has 1 unspecified atom stereocenters. The second kappa shape index (κ2) is 10.6. The quantitative estimate of drug-likeness (QED) is 0.800. The van der Waals surface area contributed by atoms with E-state index in [4.69, 9.17) is 0 Å². The molecule has 0 saturated carbocycles. The monoisotopic (exact) mass is 398 g/mol. The van der Waals surface area contributed by atoms with Gasteiger partial charge in [0.05, 0.1) is 0 Å². The molecule has 1 aromatic rings. The van der Waals surface area contributed by atoms with Crippen molar-refractivity contribution in [3.8, 4) is 0 Å². The van der Waals surface area contributed by atoms with Gasteiger partial charge in [0, 0.05) is 51.2 Å². The van der Waals surface area contributed by atoms with Gasteiger partial charge in [-0.3, -0.25) is 14.6 Å². The number of nitrogens with one attached hydrogen (secondary N) is 1. The zero-order valence-corrected chi connectivity index (χ0v) is 17.9. The highest BCUT2D eigenvalue weighted by Crippen LogP contribution is 2.20. The van der Waals surface area contributed by atoms with Gasteiger partial charge < -0.3 is 10.2 Å². The summed E-state index contributed by atoms with van der Waals surface area (Å²) < 4.78 is 0. The van der Waals surface area contributed by atoms with Crippen molar-refractivity contribution < 1.29 is 4.79 Å². The minimum atomic E-state index is 0.370. The average Bonchev–Trinajstić information content (AvgIpc) is 2.79. The number of nitrogens with zero attached hydrogens (tertiary/aromatic N) is 3. The van der Waals surface area contributed by atoms with Crippen molar-refractivity contribution in [2.45, 2.75) is 63.6 Å². The molecule has 4 rings (SSSR count). The number of piperazine rings is 1. The molecule has 5 heteroatoms. The van der Waals surface area contributed by atoms with Crippen LogP contribution in [-0.4, -0.2) is 78.5 Å². The lowest BCUT2D eigenvalue weighted by molar-refractivity contribution is -0.133. The van der Waals surface area contributed by atoms with Crippen molar-refractivity contribution in [3.05, 3.63) is 35.9 Å². The number of carbonyl (C=O) groups excluding carboxylic acids is 1. The number of amides is 1. The van der Waals surface area contributed by atoms with E-state index in [1.165, 1.54) is 50.8 Å². The Morgan fingerprint density at radius 3 is 2.38 bits per heavy atom. The van der Waals surface area contributed by atoms with Crippen molar-refractivity contribution in [1.29, 1.82) is 0 Å². The molecule has 3 aliphatic heterocycles. The fourth-order valence-corrected chi connectivity index (χ4v) is 5.25. The summed E-state index contributed by atoms with van der Waals surface area (Å²) in [4.78, 5) is 20.0. The summed E-state index contributed by atoms with van der Waals surface area (Å²) >= 11 is 0. The van der Waals surface area contributed by atoms with Gasteiger partial charge in [0.25, 0.3) is 0 Å². The number of rotatable bonds is 6. The van der Waals surface area contributed by atoms with E-state index in [1.807, 2.05) is 0 Å². The first-order chi connectivity index (χ1) is 14.3. The lowest BCUT2D eigenvalue weighted by atomic mass is 10.00. The Morgan fingerprint density at radius 2 is 1.69 bits per heavy atom. The van der Waals surface area contributed by atoms with E-state index in [0.29, 0.717) is 18.0 Å². The minimum absolute atomic E-state index is 0.370. The van der Waals surface area contributed by atoms with E-state index in [0.717, 1.165) is 52.1 Å². The Labute approximate surface area is 176 Å². The van der Waals surface area contributed by atoms with Crippen molar-refractivity contribution >= 4 is 5.91 Å². The third kappa shape index (κ3) is 6.03. The largest absolute Gasteiger partial charge is 0.340 e. The molecular formula is C24H38N4O. The number of benzene rings is 1. The third-order valence-corrected chi connectivity index (χ3v) is 7.11. The lowest BCUT2D eigenvalue weighted by Gasteiger charge is -2.43. The second-order valence-electron chi connectivity index (χ2n) is 9.10. The van der Waals surface area contributed by atoms with Crippen LogP contribution in [0.2, 0.25) is 0 Å². The zero-order chi connectivity index (χ0) is 19.9. The summed E-state index contributed by atoms with van der Waals surface area (Å²) in [6.07, 6.45) is 8.09. The molecule has 3 heterocycles. The molecule has 3 aliphatic rings. The van der Waals surface area contributed by atoms with Crippen LogP contribution in [0, 0.1) is 0 Å². The van der Waals surface area contributed by atoms with Gasteiger partial charge in [0.1, 0.15) is 0 Å². The van der Waals surface area contributed by atoms with E-state index in [-0.39, 0.29) is 0 Å². The van der Waals surface area contributed by atoms with Crippen LogP contribution in [0.5, 0.6) is 0 Å². The van der Waals surface area contributed by atoms with E-state index in [9.17, 15) is 4.79 Å². The molecule has 1 N–H and O–H groups in total. The van der Waals surface area contributed by atoms with Crippen molar-refractivity contribution in [1.82, 2.24) is 20.0 Å². The predicted molar refractivity (Wildman–Crippen MR) is 118 cm³/mol. The highest BCUT2D eigenvalue weighted by molar-refractivity contribution is 5.76. The lowest BCUT2D eigenvalue weighted by Crippen LogP contribution is -2.54. The molecule has 0 radical (unpaired) electrons. The normalized spacial score (nSPS) is 25.2.